The van der Waals surface area contributed by atoms with E-state index >= 15 is 0 Å². The molecule has 3 aliphatic rings. The summed E-state index contributed by atoms with van der Waals surface area (Å²) in [6.07, 6.45) is -2.78. The number of esters is 1. The molecule has 1 unspecified atom stereocenters. The van der Waals surface area contributed by atoms with Crippen LogP contribution in [0, 0.1) is 0 Å². The van der Waals surface area contributed by atoms with E-state index in [0.717, 1.165) is 37.7 Å². The van der Waals surface area contributed by atoms with Gasteiger partial charge in [-0.2, -0.15) is 0 Å². The first-order chi connectivity index (χ1) is 16.0. The van der Waals surface area contributed by atoms with Crippen LogP contribution in [-0.4, -0.2) is 82.1 Å². The Kier molecular flexibility index (Phi) is 7.19. The molecule has 33 heavy (non-hydrogen) atoms. The van der Waals surface area contributed by atoms with Crippen molar-refractivity contribution >= 4 is 29.3 Å². The molecule has 174 valence electrons. The zero-order valence-electron chi connectivity index (χ0n) is 17.7. The number of nitrogens with one attached hydrogen (secondary N) is 1. The Morgan fingerprint density at radius 1 is 1.09 bits per heavy atom. The third-order valence-corrected chi connectivity index (χ3v) is 6.47. The molecular formula is C23H25N3O6S. The maximum atomic E-state index is 10.5. The van der Waals surface area contributed by atoms with Crippen molar-refractivity contribution in [1.82, 2.24) is 10.2 Å². The number of carbonyl (C=O) groups is 1. The third kappa shape index (κ3) is 4.98. The second-order valence-electron chi connectivity index (χ2n) is 7.55. The smallest absolute Gasteiger partial charge is 0.377 e. The van der Waals surface area contributed by atoms with Crippen molar-refractivity contribution in [3.8, 4) is 0 Å². The van der Waals surface area contributed by atoms with Crippen LogP contribution in [0.25, 0.3) is 0 Å². The van der Waals surface area contributed by atoms with Gasteiger partial charge in [-0.1, -0.05) is 42.1 Å². The molecule has 0 spiro atoms. The minimum Gasteiger partial charge on any atom is -0.505 e. The van der Waals surface area contributed by atoms with Gasteiger partial charge in [0.15, 0.2) is 11.9 Å². The number of carbonyl (C=O) groups excluding carboxylic acids is 1. The molecule has 10 heteroatoms. The zero-order chi connectivity index (χ0) is 23.4. The van der Waals surface area contributed by atoms with E-state index in [9.17, 15) is 4.79 Å². The van der Waals surface area contributed by atoms with Crippen molar-refractivity contribution in [2.24, 2.45) is 4.99 Å². The normalized spacial score (nSPS) is 20.5. The Morgan fingerprint density at radius 3 is 2.42 bits per heavy atom. The van der Waals surface area contributed by atoms with E-state index in [0.29, 0.717) is 0 Å². The summed E-state index contributed by atoms with van der Waals surface area (Å²) in [5.41, 5.74) is 2.33. The van der Waals surface area contributed by atoms with Crippen LogP contribution in [0.4, 0.5) is 5.69 Å². The van der Waals surface area contributed by atoms with Crippen LogP contribution in [-0.2, 0) is 9.53 Å². The highest BCUT2D eigenvalue weighted by molar-refractivity contribution is 7.99. The molecule has 2 aromatic carbocycles. The number of amidine groups is 1. The lowest BCUT2D eigenvalue weighted by atomic mass is 10.1. The Labute approximate surface area is 195 Å². The van der Waals surface area contributed by atoms with Gasteiger partial charge in [-0.05, 0) is 18.2 Å². The monoisotopic (exact) mass is 471 g/mol. The first-order valence-electron chi connectivity index (χ1n) is 10.5. The molecule has 3 aliphatic heterocycles. The van der Waals surface area contributed by atoms with E-state index in [-0.39, 0.29) is 0 Å². The van der Waals surface area contributed by atoms with Crippen LogP contribution < -0.4 is 5.32 Å². The van der Waals surface area contributed by atoms with Gasteiger partial charge in [0, 0.05) is 41.5 Å². The highest BCUT2D eigenvalue weighted by Gasteiger charge is 2.38. The number of rotatable bonds is 2. The van der Waals surface area contributed by atoms with Crippen LogP contribution in [0.2, 0.25) is 0 Å². The number of ether oxygens (including phenoxy) is 1. The highest BCUT2D eigenvalue weighted by Crippen LogP contribution is 2.40. The molecule has 1 saturated heterocycles. The number of aliphatic hydroxyl groups is 4. The van der Waals surface area contributed by atoms with Gasteiger partial charge in [-0.25, -0.2) is 9.79 Å². The van der Waals surface area contributed by atoms with Gasteiger partial charge in [-0.3, -0.25) is 0 Å². The molecule has 9 nitrogen and oxygen atoms in total. The second-order valence-corrected chi connectivity index (χ2v) is 8.63. The number of aliphatic imine (C=N–C) groups is 1. The maximum absolute atomic E-state index is 10.5. The van der Waals surface area contributed by atoms with Crippen LogP contribution in [0.1, 0.15) is 5.56 Å². The molecule has 1 fully saturated rings. The van der Waals surface area contributed by atoms with E-state index in [4.69, 9.17) is 25.4 Å². The fourth-order valence-corrected chi connectivity index (χ4v) is 4.63. The van der Waals surface area contributed by atoms with Gasteiger partial charge < -0.3 is 35.4 Å². The van der Waals surface area contributed by atoms with Crippen molar-refractivity contribution in [3.63, 3.8) is 0 Å². The number of aliphatic hydroxyl groups excluding tert-OH is 4. The molecule has 0 amide bonds. The van der Waals surface area contributed by atoms with Crippen molar-refractivity contribution in [1.29, 1.82) is 0 Å². The molecule has 5 rings (SSSR count). The Bertz CT molecular complexity index is 1080. The second kappa shape index (κ2) is 10.3. The number of fused-ring (bicyclic) bond motifs is 2. The average Bonchev–Trinajstić information content (AvgIpc) is 3.02. The number of hydrogen-bond acceptors (Lipinski definition) is 10. The summed E-state index contributed by atoms with van der Waals surface area (Å²) < 4.78 is 4.32. The van der Waals surface area contributed by atoms with Crippen LogP contribution in [0.3, 0.4) is 0 Å². The lowest BCUT2D eigenvalue weighted by Gasteiger charge is -2.30. The number of para-hydroxylation sites is 1. The van der Waals surface area contributed by atoms with Crippen molar-refractivity contribution in [3.05, 3.63) is 65.6 Å². The number of cyclic esters (lactones) is 1. The highest BCUT2D eigenvalue weighted by atomic mass is 32.2. The summed E-state index contributed by atoms with van der Waals surface area (Å²) >= 11 is 1.81. The average molecular weight is 472 g/mol. The molecule has 0 aliphatic carbocycles. The number of piperazine rings is 1. The summed E-state index contributed by atoms with van der Waals surface area (Å²) in [6, 6.07) is 17.0. The Balaban J connectivity index is 0.000000185. The summed E-state index contributed by atoms with van der Waals surface area (Å²) in [5.74, 6) is -1.66. The Morgan fingerprint density at radius 2 is 1.76 bits per heavy atom. The molecule has 2 atom stereocenters. The minimum absolute atomic E-state index is 0.671. The lowest BCUT2D eigenvalue weighted by molar-refractivity contribution is -0.147. The number of nitrogens with zero attached hydrogens (tertiary/aromatic N) is 2. The SMILES string of the molecule is O=C1OC([C@@H](O)CO)C(O)=C1O.c1ccc2c(c1)N=C(N1CCNCC1)c1ccccc1S2. The maximum Gasteiger partial charge on any atom is 0.377 e. The van der Waals surface area contributed by atoms with Crippen molar-refractivity contribution in [2.45, 2.75) is 22.0 Å². The van der Waals surface area contributed by atoms with E-state index in [2.05, 4.69) is 63.5 Å². The fourth-order valence-electron chi connectivity index (χ4n) is 3.61. The predicted molar refractivity (Wildman–Crippen MR) is 123 cm³/mol. The van der Waals surface area contributed by atoms with E-state index in [1.54, 1.807) is 0 Å². The standard InChI is InChI=1S/C17H17N3S.C6H8O6/c1-3-7-15-13(5-1)17(20-11-9-18-10-12-20)19-14-6-2-4-8-16(14)21-15;7-1-2(8)5-3(9)4(10)6(11)12-5/h1-8,18H,9-12H2;2,5,7-10H,1H2/t;2-,5?/m.0/s1. The molecule has 0 radical (unpaired) electrons. The topological polar surface area (TPSA) is 135 Å². The van der Waals surface area contributed by atoms with Crippen LogP contribution in [0.5, 0.6) is 0 Å². The molecule has 2 aromatic rings. The van der Waals surface area contributed by atoms with Gasteiger partial charge in [-0.15, -0.1) is 0 Å². The summed E-state index contributed by atoms with van der Waals surface area (Å²) in [4.78, 5) is 20.5. The van der Waals surface area contributed by atoms with Gasteiger partial charge >= 0.3 is 5.97 Å². The van der Waals surface area contributed by atoms with Gasteiger partial charge in [0.2, 0.25) is 5.76 Å². The first-order valence-corrected chi connectivity index (χ1v) is 11.3. The van der Waals surface area contributed by atoms with Crippen molar-refractivity contribution in [2.75, 3.05) is 32.8 Å². The molecule has 5 N–H and O–H groups in total. The number of hydrogen-bond donors (Lipinski definition) is 5. The fraction of sp³-hybridized carbons (Fsp3) is 0.304. The minimum atomic E-state index is -1.42. The van der Waals surface area contributed by atoms with Gasteiger partial charge in [0.05, 0.1) is 12.3 Å². The van der Waals surface area contributed by atoms with Crippen LogP contribution in [0.15, 0.2) is 74.8 Å². The van der Waals surface area contributed by atoms with E-state index in [1.165, 1.54) is 15.4 Å². The molecule has 0 saturated carbocycles. The molecular weight excluding hydrogens is 446 g/mol. The molecule has 3 heterocycles. The molecule has 0 bridgehead atoms. The largest absolute Gasteiger partial charge is 0.505 e. The van der Waals surface area contributed by atoms with E-state index < -0.39 is 36.3 Å². The quantitative estimate of drug-likeness (QED) is 0.415. The predicted octanol–water partition coefficient (Wildman–Crippen LogP) is 1.73. The summed E-state index contributed by atoms with van der Waals surface area (Å²) in [6.45, 7) is 3.40. The van der Waals surface area contributed by atoms with Crippen molar-refractivity contribution < 1.29 is 30.0 Å². The lowest BCUT2D eigenvalue weighted by Crippen LogP contribution is -2.46. The Hall–Kier alpha value is -3.05. The summed E-state index contributed by atoms with van der Waals surface area (Å²) in [5, 5.41) is 38.5. The molecule has 0 aromatic heterocycles. The van der Waals surface area contributed by atoms with Gasteiger partial charge in [0.25, 0.3) is 0 Å². The first kappa shape index (κ1) is 23.1. The van der Waals surface area contributed by atoms with Gasteiger partial charge in [0.1, 0.15) is 11.9 Å². The zero-order valence-corrected chi connectivity index (χ0v) is 18.5. The number of benzene rings is 2. The van der Waals surface area contributed by atoms with Crippen LogP contribution >= 0.6 is 11.8 Å². The summed E-state index contributed by atoms with van der Waals surface area (Å²) in [7, 11) is 0. The third-order valence-electron chi connectivity index (χ3n) is 5.33. The van der Waals surface area contributed by atoms with E-state index in [1.807, 2.05) is 11.8 Å².